The molecule has 4 N–H and O–H groups in total. The van der Waals surface area contributed by atoms with Gasteiger partial charge in [-0.05, 0) is 24.7 Å². The second kappa shape index (κ2) is 7.69. The predicted molar refractivity (Wildman–Crippen MR) is 85.3 cm³/mol. The molecule has 0 spiro atoms. The van der Waals surface area contributed by atoms with Crippen LogP contribution in [0.1, 0.15) is 34.7 Å². The van der Waals surface area contributed by atoms with Crippen molar-refractivity contribution in [2.24, 2.45) is 0 Å². The lowest BCUT2D eigenvalue weighted by Gasteiger charge is -2.13. The molecule has 2 rings (SSSR count). The first-order valence-electron chi connectivity index (χ1n) is 7.39. The fourth-order valence-electron chi connectivity index (χ4n) is 2.10. The Morgan fingerprint density at radius 1 is 1.25 bits per heavy atom. The summed E-state index contributed by atoms with van der Waals surface area (Å²) in [6.45, 7) is 2.49. The number of benzene rings is 1. The molecule has 1 amide bonds. The molecule has 1 heterocycles. The maximum atomic E-state index is 12.9. The first kappa shape index (κ1) is 17.6. The Labute approximate surface area is 138 Å². The van der Waals surface area contributed by atoms with Gasteiger partial charge in [0.05, 0.1) is 0 Å². The number of nitrogens with one attached hydrogen (secondary N) is 2. The van der Waals surface area contributed by atoms with Gasteiger partial charge in [0.1, 0.15) is 11.6 Å². The van der Waals surface area contributed by atoms with Crippen molar-refractivity contribution < 1.29 is 19.4 Å². The molecule has 0 radical (unpaired) electrons. The molecule has 128 valence electrons. The number of nitrogens with zero attached hydrogens (tertiary/aromatic N) is 2. The number of halogens is 1. The third-order valence-corrected chi connectivity index (χ3v) is 3.42. The van der Waals surface area contributed by atoms with Gasteiger partial charge >= 0.3 is 0 Å². The van der Waals surface area contributed by atoms with Crippen LogP contribution in [-0.4, -0.2) is 39.7 Å². The fourth-order valence-corrected chi connectivity index (χ4v) is 2.10. The highest BCUT2D eigenvalue weighted by Gasteiger charge is 2.21. The molecule has 0 aliphatic heterocycles. The molecule has 0 saturated carbocycles. The lowest BCUT2D eigenvalue weighted by Crippen LogP contribution is -2.25. The van der Waals surface area contributed by atoms with Crippen LogP contribution >= 0.6 is 0 Å². The SMILES string of the molecule is CNCC(C)c1nc(O)c(O)c(C(=O)NCc2ccc(F)cc2)n1. The second-order valence-electron chi connectivity index (χ2n) is 5.37. The number of amides is 1. The minimum atomic E-state index is -0.674. The van der Waals surface area contributed by atoms with Crippen LogP contribution in [0.2, 0.25) is 0 Å². The first-order valence-corrected chi connectivity index (χ1v) is 7.39. The maximum Gasteiger partial charge on any atom is 0.274 e. The monoisotopic (exact) mass is 334 g/mol. The van der Waals surface area contributed by atoms with Crippen LogP contribution in [0, 0.1) is 5.82 Å². The number of aromatic nitrogens is 2. The van der Waals surface area contributed by atoms with Crippen LogP contribution in [0.25, 0.3) is 0 Å². The number of aromatic hydroxyl groups is 2. The number of carbonyl (C=O) groups excluding carboxylic acids is 1. The molecule has 0 saturated heterocycles. The topological polar surface area (TPSA) is 107 Å². The highest BCUT2D eigenvalue weighted by molar-refractivity contribution is 5.95. The van der Waals surface area contributed by atoms with Gasteiger partial charge in [-0.1, -0.05) is 19.1 Å². The number of likely N-dealkylation sites (N-methyl/N-ethyl adjacent to an activating group) is 1. The van der Waals surface area contributed by atoms with Crippen molar-refractivity contribution in [2.45, 2.75) is 19.4 Å². The zero-order valence-electron chi connectivity index (χ0n) is 13.4. The van der Waals surface area contributed by atoms with Gasteiger partial charge < -0.3 is 20.8 Å². The lowest BCUT2D eigenvalue weighted by atomic mass is 10.1. The van der Waals surface area contributed by atoms with Crippen LogP contribution in [0.5, 0.6) is 11.6 Å². The van der Waals surface area contributed by atoms with Crippen LogP contribution in [0.3, 0.4) is 0 Å². The molecule has 0 aliphatic carbocycles. The third kappa shape index (κ3) is 4.17. The zero-order valence-corrected chi connectivity index (χ0v) is 13.4. The summed E-state index contributed by atoms with van der Waals surface area (Å²) in [7, 11) is 1.76. The molecule has 0 aliphatic rings. The molecule has 1 aromatic carbocycles. The van der Waals surface area contributed by atoms with E-state index in [-0.39, 0.29) is 29.8 Å². The highest BCUT2D eigenvalue weighted by Crippen LogP contribution is 2.27. The van der Waals surface area contributed by atoms with Gasteiger partial charge in [0, 0.05) is 19.0 Å². The zero-order chi connectivity index (χ0) is 17.7. The van der Waals surface area contributed by atoms with E-state index in [0.717, 1.165) is 0 Å². The van der Waals surface area contributed by atoms with E-state index in [4.69, 9.17) is 0 Å². The molecule has 8 heteroatoms. The Morgan fingerprint density at radius 2 is 1.92 bits per heavy atom. The number of carbonyl (C=O) groups is 1. The van der Waals surface area contributed by atoms with Crippen molar-refractivity contribution in [3.8, 4) is 11.6 Å². The molecule has 1 unspecified atom stereocenters. The summed E-state index contributed by atoms with van der Waals surface area (Å²) in [6, 6.07) is 5.64. The molecule has 0 bridgehead atoms. The van der Waals surface area contributed by atoms with Crippen LogP contribution in [-0.2, 0) is 6.54 Å². The Bertz CT molecular complexity index is 722. The molecular formula is C16H19FN4O3. The summed E-state index contributed by atoms with van der Waals surface area (Å²) >= 11 is 0. The molecule has 0 fully saturated rings. The van der Waals surface area contributed by atoms with Gasteiger partial charge in [-0.15, -0.1) is 0 Å². The van der Waals surface area contributed by atoms with E-state index in [1.165, 1.54) is 24.3 Å². The van der Waals surface area contributed by atoms with E-state index in [1.54, 1.807) is 7.05 Å². The van der Waals surface area contributed by atoms with Crippen molar-refractivity contribution in [1.29, 1.82) is 0 Å². The van der Waals surface area contributed by atoms with E-state index >= 15 is 0 Å². The second-order valence-corrected chi connectivity index (χ2v) is 5.37. The van der Waals surface area contributed by atoms with Crippen molar-refractivity contribution >= 4 is 5.91 Å². The maximum absolute atomic E-state index is 12.9. The molecule has 24 heavy (non-hydrogen) atoms. The Kier molecular flexibility index (Phi) is 5.64. The summed E-state index contributed by atoms with van der Waals surface area (Å²) < 4.78 is 12.9. The summed E-state index contributed by atoms with van der Waals surface area (Å²) in [5, 5.41) is 25.1. The largest absolute Gasteiger partial charge is 0.501 e. The number of rotatable bonds is 6. The Balaban J connectivity index is 2.16. The van der Waals surface area contributed by atoms with E-state index in [2.05, 4.69) is 20.6 Å². The summed E-state index contributed by atoms with van der Waals surface area (Å²) in [6.07, 6.45) is 0. The van der Waals surface area contributed by atoms with Crippen molar-refractivity contribution in [1.82, 2.24) is 20.6 Å². The minimum Gasteiger partial charge on any atom is -0.501 e. The van der Waals surface area contributed by atoms with Crippen molar-refractivity contribution in [2.75, 3.05) is 13.6 Å². The molecular weight excluding hydrogens is 315 g/mol. The van der Waals surface area contributed by atoms with Gasteiger partial charge in [-0.3, -0.25) is 4.79 Å². The molecule has 1 aromatic heterocycles. The molecule has 7 nitrogen and oxygen atoms in total. The van der Waals surface area contributed by atoms with Gasteiger partial charge in [-0.25, -0.2) is 9.37 Å². The van der Waals surface area contributed by atoms with Gasteiger partial charge in [0.2, 0.25) is 5.75 Å². The van der Waals surface area contributed by atoms with Crippen LogP contribution in [0.4, 0.5) is 4.39 Å². The van der Waals surface area contributed by atoms with Gasteiger partial charge in [0.15, 0.2) is 5.69 Å². The lowest BCUT2D eigenvalue weighted by molar-refractivity contribution is 0.0941. The quantitative estimate of drug-likeness (QED) is 0.634. The van der Waals surface area contributed by atoms with E-state index in [1.807, 2.05) is 6.92 Å². The average molecular weight is 334 g/mol. The number of hydrogen-bond acceptors (Lipinski definition) is 6. The van der Waals surface area contributed by atoms with Gasteiger partial charge in [-0.2, -0.15) is 4.98 Å². The van der Waals surface area contributed by atoms with Crippen molar-refractivity contribution in [3.63, 3.8) is 0 Å². The summed E-state index contributed by atoms with van der Waals surface area (Å²) in [5.41, 5.74) is 0.383. The smallest absolute Gasteiger partial charge is 0.274 e. The first-order chi connectivity index (χ1) is 11.4. The standard InChI is InChI=1S/C16H19FN4O3/c1-9(7-18-2)14-20-12(13(22)16(24)21-14)15(23)19-8-10-3-5-11(17)6-4-10/h3-6,9,18,22H,7-8H2,1-2H3,(H,19,23)(H,20,21,24). The van der Waals surface area contributed by atoms with E-state index in [9.17, 15) is 19.4 Å². The molecule has 1 atom stereocenters. The Hall–Kier alpha value is -2.74. The van der Waals surface area contributed by atoms with E-state index < -0.39 is 17.5 Å². The number of hydrogen-bond donors (Lipinski definition) is 4. The van der Waals surface area contributed by atoms with Crippen LogP contribution in [0.15, 0.2) is 24.3 Å². The highest BCUT2D eigenvalue weighted by atomic mass is 19.1. The normalized spacial score (nSPS) is 12.0. The minimum absolute atomic E-state index is 0.130. The molecule has 2 aromatic rings. The Morgan fingerprint density at radius 3 is 2.54 bits per heavy atom. The van der Waals surface area contributed by atoms with Crippen molar-refractivity contribution in [3.05, 3.63) is 47.2 Å². The fraction of sp³-hybridized carbons (Fsp3) is 0.312. The van der Waals surface area contributed by atoms with Crippen LogP contribution < -0.4 is 10.6 Å². The summed E-state index contributed by atoms with van der Waals surface area (Å²) in [4.78, 5) is 20.1. The third-order valence-electron chi connectivity index (χ3n) is 3.42. The average Bonchev–Trinajstić information content (AvgIpc) is 2.56. The summed E-state index contributed by atoms with van der Waals surface area (Å²) in [5.74, 6) is -2.27. The predicted octanol–water partition coefficient (Wildman–Crippen LogP) is 1.28. The van der Waals surface area contributed by atoms with Gasteiger partial charge in [0.25, 0.3) is 11.8 Å². The van der Waals surface area contributed by atoms with E-state index in [0.29, 0.717) is 12.1 Å².